The minimum absolute atomic E-state index is 0.371. The quantitative estimate of drug-likeness (QED) is 0.236. The van der Waals surface area contributed by atoms with Gasteiger partial charge in [-0.05, 0) is 50.2 Å². The molecule has 0 aliphatic carbocycles. The lowest BCUT2D eigenvalue weighted by atomic mass is 10.0. The van der Waals surface area contributed by atoms with Crippen molar-refractivity contribution in [2.24, 2.45) is 0 Å². The van der Waals surface area contributed by atoms with Crippen LogP contribution < -0.4 is 11.1 Å². The van der Waals surface area contributed by atoms with Crippen molar-refractivity contribution in [2.45, 2.75) is 26.9 Å². The van der Waals surface area contributed by atoms with Crippen molar-refractivity contribution in [1.29, 1.82) is 0 Å². The fourth-order valence-electron chi connectivity index (χ4n) is 4.26. The van der Waals surface area contributed by atoms with Crippen molar-refractivity contribution in [2.75, 3.05) is 0 Å². The number of hydrogen-bond acceptors (Lipinski definition) is 4. The van der Waals surface area contributed by atoms with Gasteiger partial charge < -0.3 is 9.13 Å². The van der Waals surface area contributed by atoms with Crippen LogP contribution in [0.25, 0.3) is 44.6 Å². The average Bonchev–Trinajstić information content (AvgIpc) is 2.83. The molecule has 2 heterocycles. The second kappa shape index (κ2) is 8.70. The predicted molar refractivity (Wildman–Crippen MR) is 138 cm³/mol. The Morgan fingerprint density at radius 3 is 1.44 bits per heavy atom. The summed E-state index contributed by atoms with van der Waals surface area (Å²) in [4.78, 5) is 35.3. The number of rotatable bonds is 4. The van der Waals surface area contributed by atoms with Crippen LogP contribution in [-0.4, -0.2) is 19.1 Å². The molecule has 170 valence electrons. The lowest BCUT2D eigenvalue weighted by molar-refractivity contribution is 0.683. The van der Waals surface area contributed by atoms with Gasteiger partial charge in [0.25, 0.3) is 0 Å². The van der Waals surface area contributed by atoms with E-state index < -0.39 is 11.1 Å². The van der Waals surface area contributed by atoms with E-state index in [-0.39, 0.29) is 0 Å². The van der Waals surface area contributed by atoms with Crippen LogP contribution in [0, 0.1) is 0 Å². The first-order chi connectivity index (χ1) is 16.4. The number of aryl methyl sites for hydroxylation is 2. The van der Waals surface area contributed by atoms with Crippen LogP contribution in [-0.2, 0) is 13.1 Å². The van der Waals surface area contributed by atoms with Gasteiger partial charge in [0.1, 0.15) is 0 Å². The number of nitrogens with zero attached hydrogens (tertiary/aromatic N) is 4. The largest absolute Gasteiger partial charge is 0.316 e. The summed E-state index contributed by atoms with van der Waals surface area (Å²) in [5.74, 6) is 0. The van der Waals surface area contributed by atoms with E-state index in [1.807, 2.05) is 62.4 Å². The molecular formula is C26H20Cl2N4O2. The summed E-state index contributed by atoms with van der Waals surface area (Å²) in [6, 6.07) is 18.5. The first-order valence-corrected chi connectivity index (χ1v) is 11.7. The molecule has 0 N–H and O–H groups in total. The average molecular weight is 491 g/mol. The monoisotopic (exact) mass is 490 g/mol. The molecule has 3 aromatic carbocycles. The summed E-state index contributed by atoms with van der Waals surface area (Å²) < 4.78 is 2.96. The highest BCUT2D eigenvalue weighted by atomic mass is 35.5. The fourth-order valence-corrected chi connectivity index (χ4v) is 4.65. The lowest BCUT2D eigenvalue weighted by Gasteiger charge is -2.15. The molecule has 0 saturated heterocycles. The summed E-state index contributed by atoms with van der Waals surface area (Å²) in [7, 11) is 0. The van der Waals surface area contributed by atoms with Crippen molar-refractivity contribution < 1.29 is 0 Å². The Balaban J connectivity index is 1.92. The summed E-state index contributed by atoms with van der Waals surface area (Å²) in [6.45, 7) is 4.42. The highest BCUT2D eigenvalue weighted by Crippen LogP contribution is 2.34. The van der Waals surface area contributed by atoms with E-state index in [1.54, 1.807) is 12.1 Å². The van der Waals surface area contributed by atoms with E-state index in [4.69, 9.17) is 33.2 Å². The summed E-state index contributed by atoms with van der Waals surface area (Å²) in [5, 5.41) is 1.17. The molecule has 2 aromatic heterocycles. The molecule has 0 aliphatic rings. The van der Waals surface area contributed by atoms with Gasteiger partial charge in [-0.25, -0.2) is 9.97 Å². The molecule has 6 nitrogen and oxygen atoms in total. The molecule has 0 aliphatic heterocycles. The van der Waals surface area contributed by atoms with Gasteiger partial charge in [0.2, 0.25) is 0 Å². The zero-order chi connectivity index (χ0) is 24.0. The summed E-state index contributed by atoms with van der Waals surface area (Å²) in [6.07, 6.45) is 0. The molecule has 34 heavy (non-hydrogen) atoms. The number of benzene rings is 3. The summed E-state index contributed by atoms with van der Waals surface area (Å²) >= 11 is 12.6. The van der Waals surface area contributed by atoms with E-state index in [1.165, 1.54) is 9.13 Å². The second-order valence-corrected chi connectivity index (χ2v) is 8.74. The highest BCUT2D eigenvalue weighted by molar-refractivity contribution is 6.31. The Hall–Kier alpha value is -3.48. The van der Waals surface area contributed by atoms with Crippen molar-refractivity contribution in [3.8, 4) is 22.5 Å². The van der Waals surface area contributed by atoms with Crippen molar-refractivity contribution >= 4 is 45.3 Å². The third-order valence-electron chi connectivity index (χ3n) is 5.84. The highest BCUT2D eigenvalue weighted by Gasteiger charge is 2.17. The maximum Gasteiger partial charge on any atom is 0.316 e. The summed E-state index contributed by atoms with van der Waals surface area (Å²) in [5.41, 5.74) is 4.31. The number of fused-ring (bicyclic) bond motifs is 2. The first-order valence-electron chi connectivity index (χ1n) is 10.9. The van der Waals surface area contributed by atoms with E-state index >= 15 is 0 Å². The Labute approximate surface area is 205 Å². The minimum Gasteiger partial charge on any atom is -0.302 e. The minimum atomic E-state index is -0.547. The van der Waals surface area contributed by atoms with Gasteiger partial charge in [-0.1, -0.05) is 47.5 Å². The number of hydrogen-bond donors (Lipinski definition) is 0. The van der Waals surface area contributed by atoms with Gasteiger partial charge in [0.05, 0.1) is 33.5 Å². The van der Waals surface area contributed by atoms with Crippen molar-refractivity contribution in [3.05, 3.63) is 91.4 Å². The van der Waals surface area contributed by atoms with Gasteiger partial charge >= 0.3 is 11.1 Å². The smallest absolute Gasteiger partial charge is 0.302 e. The second-order valence-electron chi connectivity index (χ2n) is 7.87. The van der Waals surface area contributed by atoms with E-state index in [0.717, 1.165) is 11.1 Å². The molecule has 0 spiro atoms. The van der Waals surface area contributed by atoms with Crippen LogP contribution in [0.15, 0.2) is 70.3 Å². The third-order valence-corrected chi connectivity index (χ3v) is 6.31. The zero-order valence-electron chi connectivity index (χ0n) is 18.5. The van der Waals surface area contributed by atoms with E-state index in [9.17, 15) is 9.59 Å². The topological polar surface area (TPSA) is 69.8 Å². The molecule has 5 rings (SSSR count). The molecule has 0 saturated carbocycles. The molecular weight excluding hydrogens is 471 g/mol. The van der Waals surface area contributed by atoms with Crippen LogP contribution in [0.1, 0.15) is 13.8 Å². The lowest BCUT2D eigenvalue weighted by Crippen LogP contribution is -2.41. The Bertz CT molecular complexity index is 1580. The van der Waals surface area contributed by atoms with Crippen LogP contribution in [0.3, 0.4) is 0 Å². The molecule has 0 radical (unpaired) electrons. The Morgan fingerprint density at radius 1 is 0.676 bits per heavy atom. The fraction of sp³-hybridized carbons (Fsp3) is 0.154. The van der Waals surface area contributed by atoms with Gasteiger partial charge in [-0.3, -0.25) is 9.59 Å². The van der Waals surface area contributed by atoms with Crippen LogP contribution in [0.2, 0.25) is 10.0 Å². The molecule has 0 unspecified atom stereocenters. The van der Waals surface area contributed by atoms with Gasteiger partial charge in [0.15, 0.2) is 0 Å². The van der Waals surface area contributed by atoms with Crippen molar-refractivity contribution in [1.82, 2.24) is 19.1 Å². The van der Waals surface area contributed by atoms with Gasteiger partial charge in [0, 0.05) is 34.3 Å². The van der Waals surface area contributed by atoms with Gasteiger partial charge in [-0.2, -0.15) is 0 Å². The third kappa shape index (κ3) is 3.69. The standard InChI is InChI=1S/C26H20Cl2N4O2/c1-3-31-21-13-19-20(14-22(21)32(4-2)26(34)25(31)33)30-24(16-8-6-10-18(28)12-16)23(29-19)15-7-5-9-17(27)11-15/h5-14H,3-4H2,1-2H3. The predicted octanol–water partition coefficient (Wildman–Crippen LogP) is 5.79. The maximum absolute atomic E-state index is 12.7. The molecule has 5 aromatic rings. The number of halogens is 2. The molecule has 0 atom stereocenters. The number of aromatic nitrogens is 4. The maximum atomic E-state index is 12.7. The van der Waals surface area contributed by atoms with E-state index in [2.05, 4.69) is 0 Å². The van der Waals surface area contributed by atoms with E-state index in [0.29, 0.717) is 56.6 Å². The SMILES string of the molecule is CCn1c(=O)c(=O)n(CC)c2cc3nc(-c4cccc(Cl)c4)c(-c4cccc(Cl)c4)nc3cc21. The zero-order valence-corrected chi connectivity index (χ0v) is 20.1. The van der Waals surface area contributed by atoms with Crippen LogP contribution in [0.4, 0.5) is 0 Å². The van der Waals surface area contributed by atoms with Gasteiger partial charge in [-0.15, -0.1) is 0 Å². The molecule has 8 heteroatoms. The molecule has 0 amide bonds. The van der Waals surface area contributed by atoms with Crippen LogP contribution >= 0.6 is 23.2 Å². The first kappa shape index (κ1) is 22.3. The van der Waals surface area contributed by atoms with Crippen LogP contribution in [0.5, 0.6) is 0 Å². The molecule has 0 bridgehead atoms. The normalized spacial score (nSPS) is 11.4. The Kier molecular flexibility index (Phi) is 5.71. The van der Waals surface area contributed by atoms with Crippen molar-refractivity contribution in [3.63, 3.8) is 0 Å². The Morgan fingerprint density at radius 2 is 1.09 bits per heavy atom. The molecule has 0 fully saturated rings.